The van der Waals surface area contributed by atoms with Gasteiger partial charge in [0.2, 0.25) is 5.91 Å². The molecule has 5 rings (SSSR count). The molecule has 3 heterocycles. The molecule has 1 fully saturated rings. The van der Waals surface area contributed by atoms with Crippen molar-refractivity contribution in [2.75, 3.05) is 13.2 Å². The van der Waals surface area contributed by atoms with E-state index < -0.39 is 29.2 Å². The van der Waals surface area contributed by atoms with E-state index in [1.807, 2.05) is 89.8 Å². The van der Waals surface area contributed by atoms with Crippen molar-refractivity contribution in [3.63, 3.8) is 0 Å². The van der Waals surface area contributed by atoms with E-state index >= 15 is 0 Å². The molecule has 2 aliphatic heterocycles. The van der Waals surface area contributed by atoms with Crippen molar-refractivity contribution in [3.8, 4) is 17.0 Å². The highest BCUT2D eigenvalue weighted by Gasteiger charge is 2.41. The Morgan fingerprint density at radius 2 is 1.72 bits per heavy atom. The van der Waals surface area contributed by atoms with Crippen molar-refractivity contribution < 1.29 is 29.0 Å². The maximum atomic E-state index is 13.6. The summed E-state index contributed by atoms with van der Waals surface area (Å²) < 4.78 is 12.0. The smallest absolute Gasteiger partial charge is 0.408 e. The minimum atomic E-state index is -0.878. The van der Waals surface area contributed by atoms with Gasteiger partial charge in [0.05, 0.1) is 31.1 Å². The van der Waals surface area contributed by atoms with Gasteiger partial charge in [0.25, 0.3) is 0 Å². The minimum absolute atomic E-state index is 0.118. The topological polar surface area (TPSA) is 137 Å². The monoisotopic (exact) mass is 755 g/mol. The van der Waals surface area contributed by atoms with Crippen molar-refractivity contribution >= 4 is 34.0 Å². The van der Waals surface area contributed by atoms with Crippen LogP contribution in [0.15, 0.2) is 47.1 Å². The fourth-order valence-electron chi connectivity index (χ4n) is 5.88. The van der Waals surface area contributed by atoms with Gasteiger partial charge in [0, 0.05) is 23.1 Å². The average Bonchev–Trinajstić information content (AvgIpc) is 3.81. The molecule has 0 aliphatic carbocycles. The molecule has 1 saturated heterocycles. The molecule has 0 radical (unpaired) electrons. The predicted octanol–water partition coefficient (Wildman–Crippen LogP) is 8.86. The number of likely N-dealkylation sites (tertiary alicyclic amines) is 1. The lowest BCUT2D eigenvalue weighted by Gasteiger charge is -2.35. The Labute approximate surface area is 305 Å². The van der Waals surface area contributed by atoms with E-state index in [0.717, 1.165) is 56.8 Å². The van der Waals surface area contributed by atoms with Crippen LogP contribution in [0.4, 0.5) is 9.59 Å². The lowest BCUT2D eigenvalue weighted by Crippen LogP contribution is -2.55. The van der Waals surface area contributed by atoms with Crippen LogP contribution in [0.3, 0.4) is 0 Å². The first-order valence-electron chi connectivity index (χ1n) is 17.3. The number of nitrogens with zero attached hydrogens (tertiary/aromatic N) is 3. The number of aromatic nitrogens is 2. The van der Waals surface area contributed by atoms with Gasteiger partial charge in [-0.2, -0.15) is 0 Å². The fraction of sp³-hybridized carbons (Fsp3) is 0.526. The first kappa shape index (κ1) is 40.4. The predicted molar refractivity (Wildman–Crippen MR) is 199 cm³/mol. The van der Waals surface area contributed by atoms with Crippen molar-refractivity contribution in [1.82, 2.24) is 25.1 Å². The first-order valence-corrected chi connectivity index (χ1v) is 18.1. The number of carbonyl (C=O) groups excluding carboxylic acids is 2. The molecule has 50 heavy (non-hydrogen) atoms. The number of imidazole rings is 1. The number of nitrogens with one attached hydrogen (secondary N) is 2. The third-order valence-corrected chi connectivity index (χ3v) is 8.73. The first-order chi connectivity index (χ1) is 23.5. The van der Waals surface area contributed by atoms with Crippen molar-refractivity contribution in [3.05, 3.63) is 69.6 Å². The van der Waals surface area contributed by atoms with E-state index in [2.05, 4.69) is 31.2 Å². The Morgan fingerprint density at radius 3 is 2.30 bits per heavy atom. The standard InChI is InChI=1S/C24H33BrN4O3.C12H15NO3.C2H6/c1-23(2,3)19(28-22(31)32-24(4,5)6)21(30)29-13-7-8-18(29)20-26-14-17(27-20)15-9-11-16(25)12-10-15;1-3-16-11-8(2)4-5-9-6-13(12(14)15)7-10(9)11;1-2/h9-12,14,18-19H,7-8,13H2,1-6H3,(H,26,27)(H,28,31);4-5H,3,6-7H2,1-2H3,(H,14,15);1-2H3. The molecule has 3 amide bonds. The summed E-state index contributed by atoms with van der Waals surface area (Å²) in [6.07, 6.45) is 2.05. The molecule has 11 nitrogen and oxygen atoms in total. The SMILES string of the molecule is CC.CC(C)(C)OC(=O)NC(C(=O)N1CCCC1c1ncc(-c2ccc(Br)cc2)[nH]1)C(C)(C)C.CCOc1c(C)ccc2c1CN(C(=O)O)C2. The van der Waals surface area contributed by atoms with Gasteiger partial charge in [-0.15, -0.1) is 0 Å². The van der Waals surface area contributed by atoms with Crippen LogP contribution in [-0.2, 0) is 22.6 Å². The molecule has 2 aliphatic rings. The Hall–Kier alpha value is -4.06. The zero-order valence-electron chi connectivity index (χ0n) is 31.1. The number of rotatable bonds is 6. The molecule has 2 atom stereocenters. The van der Waals surface area contributed by atoms with Gasteiger partial charge in [0.1, 0.15) is 23.2 Å². The highest BCUT2D eigenvalue weighted by atomic mass is 79.9. The van der Waals surface area contributed by atoms with Gasteiger partial charge in [-0.05, 0) is 81.7 Å². The van der Waals surface area contributed by atoms with Crippen LogP contribution in [0.5, 0.6) is 5.75 Å². The summed E-state index contributed by atoms with van der Waals surface area (Å²) in [6.45, 7) is 21.3. The number of amides is 3. The molecule has 0 bridgehead atoms. The van der Waals surface area contributed by atoms with E-state index in [9.17, 15) is 14.4 Å². The number of fused-ring (bicyclic) bond motifs is 1. The number of hydrogen-bond donors (Lipinski definition) is 3. The summed E-state index contributed by atoms with van der Waals surface area (Å²) in [5.41, 5.74) is 3.96. The lowest BCUT2D eigenvalue weighted by molar-refractivity contribution is -0.137. The van der Waals surface area contributed by atoms with E-state index in [-0.39, 0.29) is 11.9 Å². The van der Waals surface area contributed by atoms with Gasteiger partial charge in [-0.1, -0.05) is 74.8 Å². The number of halogens is 1. The summed E-state index contributed by atoms with van der Waals surface area (Å²) in [4.78, 5) is 48.2. The van der Waals surface area contributed by atoms with E-state index in [0.29, 0.717) is 26.2 Å². The molecule has 3 aromatic rings. The van der Waals surface area contributed by atoms with Crippen LogP contribution >= 0.6 is 15.9 Å². The van der Waals surface area contributed by atoms with Crippen molar-refractivity contribution in [2.24, 2.45) is 5.41 Å². The van der Waals surface area contributed by atoms with Crippen LogP contribution in [0, 0.1) is 12.3 Å². The Morgan fingerprint density at radius 1 is 1.06 bits per heavy atom. The lowest BCUT2D eigenvalue weighted by atomic mass is 9.85. The highest BCUT2D eigenvalue weighted by molar-refractivity contribution is 9.10. The molecule has 1 aromatic heterocycles. The van der Waals surface area contributed by atoms with Crippen LogP contribution in [-0.4, -0.2) is 67.8 Å². The molecule has 12 heteroatoms. The summed E-state index contributed by atoms with van der Waals surface area (Å²) in [7, 11) is 0. The maximum absolute atomic E-state index is 13.6. The minimum Gasteiger partial charge on any atom is -0.493 e. The molecule has 0 spiro atoms. The fourth-order valence-corrected chi connectivity index (χ4v) is 6.14. The summed E-state index contributed by atoms with van der Waals surface area (Å²) in [6, 6.07) is 11.1. The second-order valence-electron chi connectivity index (χ2n) is 14.2. The largest absolute Gasteiger partial charge is 0.493 e. The Bertz CT molecular complexity index is 1610. The van der Waals surface area contributed by atoms with Crippen LogP contribution in [0.25, 0.3) is 11.3 Å². The molecule has 2 aromatic carbocycles. The van der Waals surface area contributed by atoms with Gasteiger partial charge in [0.15, 0.2) is 0 Å². The van der Waals surface area contributed by atoms with Gasteiger partial charge in [-0.3, -0.25) is 9.69 Å². The third-order valence-electron chi connectivity index (χ3n) is 8.20. The number of benzene rings is 2. The Kier molecular flexibility index (Phi) is 13.9. The molecule has 274 valence electrons. The van der Waals surface area contributed by atoms with E-state index in [1.165, 1.54) is 4.90 Å². The normalized spacial score (nSPS) is 15.9. The number of hydrogen-bond acceptors (Lipinski definition) is 6. The second kappa shape index (κ2) is 17.2. The summed E-state index contributed by atoms with van der Waals surface area (Å²) in [5, 5.41) is 11.8. The van der Waals surface area contributed by atoms with Crippen molar-refractivity contribution in [1.29, 1.82) is 0 Å². The third kappa shape index (κ3) is 10.5. The number of carbonyl (C=O) groups is 3. The average molecular weight is 757 g/mol. The van der Waals surface area contributed by atoms with Crippen molar-refractivity contribution in [2.45, 2.75) is 113 Å². The van der Waals surface area contributed by atoms with Gasteiger partial charge in [-0.25, -0.2) is 14.6 Å². The van der Waals surface area contributed by atoms with Crippen LogP contribution < -0.4 is 10.1 Å². The number of aromatic amines is 1. The number of carboxylic acid groups (broad SMARTS) is 1. The highest BCUT2D eigenvalue weighted by Crippen LogP contribution is 2.35. The molecule has 3 N–H and O–H groups in total. The zero-order valence-corrected chi connectivity index (χ0v) is 32.7. The molecule has 2 unspecified atom stereocenters. The molecular weight excluding hydrogens is 702 g/mol. The maximum Gasteiger partial charge on any atom is 0.408 e. The van der Waals surface area contributed by atoms with Crippen LogP contribution in [0.2, 0.25) is 0 Å². The number of aryl methyl sites for hydroxylation is 1. The summed E-state index contributed by atoms with van der Waals surface area (Å²) >= 11 is 3.45. The zero-order chi connectivity index (χ0) is 37.4. The van der Waals surface area contributed by atoms with E-state index in [4.69, 9.17) is 14.6 Å². The summed E-state index contributed by atoms with van der Waals surface area (Å²) in [5.74, 6) is 1.50. The van der Waals surface area contributed by atoms with Gasteiger partial charge >= 0.3 is 12.2 Å². The number of alkyl carbamates (subject to hydrolysis) is 1. The Balaban J connectivity index is 0.000000313. The number of H-pyrrole nitrogens is 1. The number of ether oxygens (including phenoxy) is 2. The molecule has 0 saturated carbocycles. The van der Waals surface area contributed by atoms with E-state index in [1.54, 1.807) is 27.0 Å². The molecular formula is C38H54BrN5O6. The second-order valence-corrected chi connectivity index (χ2v) is 15.2. The van der Waals surface area contributed by atoms with Gasteiger partial charge < -0.3 is 29.8 Å². The van der Waals surface area contributed by atoms with Crippen LogP contribution in [0.1, 0.15) is 104 Å². The quantitative estimate of drug-likeness (QED) is 0.229.